The molecule has 0 fully saturated rings. The van der Waals surface area contributed by atoms with Crippen LogP contribution in [0.5, 0.6) is 0 Å². The molecule has 22 rings (SSSR count). The second-order valence-corrected chi connectivity index (χ2v) is 33.5. The van der Waals surface area contributed by atoms with Gasteiger partial charge in [0.25, 0.3) is 13.4 Å². The lowest BCUT2D eigenvalue weighted by atomic mass is 9.28. The smallest absolute Gasteiger partial charge is 0.252 e. The Bertz CT molecular complexity index is 5590. The van der Waals surface area contributed by atoms with E-state index in [1.807, 2.05) is 0 Å². The zero-order valence-electron chi connectivity index (χ0n) is 58.8. The van der Waals surface area contributed by atoms with Crippen LogP contribution in [0.4, 0.5) is 73.9 Å². The maximum atomic E-state index is 4.62. The molecule has 468 valence electrons. The minimum absolute atomic E-state index is 0.0247. The Morgan fingerprint density at radius 1 is 0.320 bits per heavy atom. The summed E-state index contributed by atoms with van der Waals surface area (Å²) in [6.07, 6.45) is 3.68. The van der Waals surface area contributed by atoms with E-state index < -0.39 is 0 Å². The lowest BCUT2D eigenvalue weighted by Gasteiger charge is -2.55. The lowest BCUT2D eigenvalue weighted by molar-refractivity contribution is 0.865. The van der Waals surface area contributed by atoms with Gasteiger partial charge in [-0.15, -0.1) is 0 Å². The SMILES string of the molecule is CC(C)c1ccc2c(c1)Nc1c3c4c5c6c7c8c9c%10c%11c%12c%13c%14c%15c%11c(c9c16)BCN%15c1cc(C(C)C)ccc1B%14c1ccc(C(C)C)cc1N%13c1cc(C(C)C)ccc1B%12CN%10CB8c1ccc(C(C)C)cc1N7CB5c1ccc(C(C)C)cc1N4c1cc(C(C)C)ccc1B23. The molecule has 0 radical (unpaired) electrons. The highest BCUT2D eigenvalue weighted by Crippen LogP contribution is 2.57. The average molecular weight is 1250 g/mol. The summed E-state index contributed by atoms with van der Waals surface area (Å²) >= 11 is 0. The molecule has 1 N–H and O–H groups in total. The van der Waals surface area contributed by atoms with E-state index in [2.05, 4.69) is 254 Å². The number of benzene rings is 11. The Balaban J connectivity index is 0.977. The highest BCUT2D eigenvalue weighted by molar-refractivity contribution is 7.05. The van der Waals surface area contributed by atoms with Crippen LogP contribution in [-0.2, 0) is 0 Å². The minimum atomic E-state index is 0.0247. The van der Waals surface area contributed by atoms with Crippen molar-refractivity contribution in [3.8, 4) is 0 Å². The van der Waals surface area contributed by atoms with Crippen molar-refractivity contribution in [3.63, 3.8) is 0 Å². The van der Waals surface area contributed by atoms with Crippen LogP contribution in [0.25, 0.3) is 32.3 Å². The van der Waals surface area contributed by atoms with Gasteiger partial charge in [-0.3, -0.25) is 0 Å². The third kappa shape index (κ3) is 6.74. The third-order valence-corrected chi connectivity index (χ3v) is 26.3. The predicted octanol–water partition coefficient (Wildman–Crippen LogP) is 11.5. The van der Waals surface area contributed by atoms with E-state index in [9.17, 15) is 0 Å². The second kappa shape index (κ2) is 18.8. The van der Waals surface area contributed by atoms with E-state index in [-0.39, 0.29) is 33.6 Å². The van der Waals surface area contributed by atoms with Crippen molar-refractivity contribution >= 4 is 218 Å². The summed E-state index contributed by atoms with van der Waals surface area (Å²) in [6, 6.07) is 53.8. The lowest BCUT2D eigenvalue weighted by Crippen LogP contribution is -2.71. The van der Waals surface area contributed by atoms with E-state index in [1.54, 1.807) is 21.9 Å². The summed E-state index contributed by atoms with van der Waals surface area (Å²) in [5.41, 5.74) is 47.6. The van der Waals surface area contributed by atoms with E-state index >= 15 is 0 Å². The first-order chi connectivity index (χ1) is 46.9. The van der Waals surface area contributed by atoms with Crippen LogP contribution >= 0.6 is 0 Å². The maximum Gasteiger partial charge on any atom is 0.252 e. The zero-order chi connectivity index (χ0) is 65.4. The summed E-state index contributed by atoms with van der Waals surface area (Å²) < 4.78 is 0. The summed E-state index contributed by atoms with van der Waals surface area (Å²) in [4.78, 5) is 14.5. The fourth-order valence-electron chi connectivity index (χ4n) is 21.5. The van der Waals surface area contributed by atoms with Gasteiger partial charge < -0.3 is 29.8 Å². The average Bonchev–Trinajstić information content (AvgIpc) is 0.642. The molecule has 11 aromatic rings. The molecule has 11 heterocycles. The van der Waals surface area contributed by atoms with Crippen LogP contribution < -0.4 is 101 Å². The molecule has 11 aromatic carbocycles. The molecule has 12 heteroatoms. The minimum Gasteiger partial charge on any atom is -0.384 e. The van der Waals surface area contributed by atoms with E-state index in [0.717, 1.165) is 33.1 Å². The summed E-state index contributed by atoms with van der Waals surface area (Å²) in [6.45, 7) is 34.0. The monoisotopic (exact) mass is 1250 g/mol. The second-order valence-electron chi connectivity index (χ2n) is 33.5. The van der Waals surface area contributed by atoms with Crippen LogP contribution in [0.1, 0.15) is 177 Å². The van der Waals surface area contributed by atoms with Gasteiger partial charge in [-0.1, -0.05) is 187 Å². The quantitative estimate of drug-likeness (QED) is 0.0971. The molecule has 0 spiro atoms. The van der Waals surface area contributed by atoms with Crippen molar-refractivity contribution in [2.75, 3.05) is 55.6 Å². The number of nitrogens with zero attached hydrogens (tertiary/aromatic N) is 5. The normalized spacial score (nSPS) is 16.4. The Morgan fingerprint density at radius 3 is 1.19 bits per heavy atom. The van der Waals surface area contributed by atoms with Gasteiger partial charge >= 0.3 is 0 Å². The fraction of sp³-hybridized carbons (Fsp3) is 0.294. The largest absolute Gasteiger partial charge is 0.384 e. The van der Waals surface area contributed by atoms with Crippen molar-refractivity contribution in [2.24, 2.45) is 0 Å². The molecule has 0 saturated heterocycles. The molecule has 0 amide bonds. The topological polar surface area (TPSA) is 28.2 Å². The summed E-state index contributed by atoms with van der Waals surface area (Å²) in [7, 11) is 0.947. The van der Waals surface area contributed by atoms with E-state index in [0.29, 0.717) is 41.4 Å². The molecular formula is C85H80B6N6. The molecule has 0 saturated carbocycles. The van der Waals surface area contributed by atoms with Crippen molar-refractivity contribution in [1.82, 2.24) is 0 Å². The summed E-state index contributed by atoms with van der Waals surface area (Å²) in [5.74, 6) is 2.70. The van der Waals surface area contributed by atoms with Crippen molar-refractivity contribution in [1.29, 1.82) is 0 Å². The molecule has 11 aliphatic heterocycles. The molecule has 11 aliphatic rings. The molecule has 0 aliphatic carbocycles. The highest BCUT2D eigenvalue weighted by Gasteiger charge is 2.58. The van der Waals surface area contributed by atoms with Crippen LogP contribution in [0.15, 0.2) is 127 Å². The van der Waals surface area contributed by atoms with Gasteiger partial charge in [-0.05, 0) is 194 Å². The maximum absolute atomic E-state index is 4.62. The molecule has 0 bridgehead atoms. The van der Waals surface area contributed by atoms with Gasteiger partial charge in [0.1, 0.15) is 0 Å². The number of rotatable bonds is 7. The Morgan fingerprint density at radius 2 is 0.680 bits per heavy atom. The zero-order valence-corrected chi connectivity index (χ0v) is 58.8. The first-order valence-electron chi connectivity index (χ1n) is 37.3. The molecule has 6 nitrogen and oxygen atoms in total. The number of anilines is 13. The Kier molecular flexibility index (Phi) is 10.9. The fourth-order valence-corrected chi connectivity index (χ4v) is 21.5. The molecule has 97 heavy (non-hydrogen) atoms. The van der Waals surface area contributed by atoms with E-state index in [4.69, 9.17) is 0 Å². The standard InChI is InChI=1S/C85H80B6N6/c1-40(2)47-15-22-54-61(29-47)92-80-69-68-71-75-83-72(69)76-84-78(80)90(54)59-27-20-52(45(11)12)34-66(59)96(84)65-33-51(44(9)10)18-25-57(65)89(76)39-95(83)62-30-48(41(3)4)16-23-55(62)87(75)37-93-38-88-56-24-17-50(43(7)8)32-64(56)97-67-35-53(46(13)14)21-28-60(67)91-58-26-19-49(42(5)6)31-63(58)94-36-86-74(68)70-73(81(71)93)77(88)85(97)79(91)82(70)94/h15-35,40-46,86,92H,36-39H2,1-14H3. The van der Waals surface area contributed by atoms with Crippen LogP contribution in [-0.4, -0.2) is 66.6 Å². The van der Waals surface area contributed by atoms with Crippen molar-refractivity contribution in [2.45, 2.75) is 138 Å². The van der Waals surface area contributed by atoms with Gasteiger partial charge in [0.05, 0.1) is 5.69 Å². The predicted molar refractivity (Wildman–Crippen MR) is 427 cm³/mol. The Hall–Kier alpha value is -8.61. The van der Waals surface area contributed by atoms with Gasteiger partial charge in [0.2, 0.25) is 20.1 Å². The number of nitrogens with one attached hydrogen (secondary N) is 1. The van der Waals surface area contributed by atoms with Crippen LogP contribution in [0.2, 0.25) is 0 Å². The first kappa shape index (κ1) is 56.4. The molecular weight excluding hydrogens is 1170 g/mol. The first-order valence-corrected chi connectivity index (χ1v) is 37.3. The number of hydrogen-bond donors (Lipinski definition) is 1. The van der Waals surface area contributed by atoms with Gasteiger partial charge in [0, 0.05) is 121 Å². The number of hydrogen-bond acceptors (Lipinski definition) is 6. The molecule has 0 unspecified atom stereocenters. The highest BCUT2D eigenvalue weighted by atomic mass is 15.2. The van der Waals surface area contributed by atoms with Gasteiger partial charge in [0.15, 0.2) is 7.28 Å². The van der Waals surface area contributed by atoms with E-state index in [1.165, 1.54) is 194 Å². The Labute approximate surface area is 574 Å². The summed E-state index contributed by atoms with van der Waals surface area (Å²) in [5, 5.41) is 13.7. The van der Waals surface area contributed by atoms with Gasteiger partial charge in [-0.25, -0.2) is 0 Å². The third-order valence-electron chi connectivity index (χ3n) is 26.3. The van der Waals surface area contributed by atoms with Crippen molar-refractivity contribution in [3.05, 3.63) is 166 Å². The molecule has 0 aromatic heterocycles. The van der Waals surface area contributed by atoms with Crippen LogP contribution in [0.3, 0.4) is 0 Å². The van der Waals surface area contributed by atoms with Crippen LogP contribution in [0, 0.1) is 0 Å². The number of fused-ring (bicyclic) bond motifs is 23. The van der Waals surface area contributed by atoms with Gasteiger partial charge in [-0.2, -0.15) is 0 Å². The molecule has 0 atom stereocenters. The van der Waals surface area contributed by atoms with Crippen molar-refractivity contribution < 1.29 is 0 Å².